The second kappa shape index (κ2) is 22.9. The van der Waals surface area contributed by atoms with Crippen LogP contribution >= 0.6 is 35.6 Å². The van der Waals surface area contributed by atoms with Crippen LogP contribution in [0.15, 0.2) is 97.8 Å². The minimum absolute atomic E-state index is 0. The molecule has 0 atom stereocenters. The van der Waals surface area contributed by atoms with Crippen LogP contribution in [0.25, 0.3) is 45.1 Å². The van der Waals surface area contributed by atoms with Crippen molar-refractivity contribution in [1.29, 1.82) is 0 Å². The van der Waals surface area contributed by atoms with Crippen molar-refractivity contribution in [3.63, 3.8) is 0 Å². The summed E-state index contributed by atoms with van der Waals surface area (Å²) >= 11 is 12.3. The van der Waals surface area contributed by atoms with Crippen LogP contribution in [0.3, 0.4) is 0 Å². The molecule has 21 heteroatoms. The third-order valence-corrected chi connectivity index (χ3v) is 12.5. The molecule has 2 N–H and O–H groups in total. The van der Waals surface area contributed by atoms with Crippen LogP contribution in [-0.2, 0) is 32.2 Å². The van der Waals surface area contributed by atoms with Gasteiger partial charge in [-0.15, -0.1) is 12.4 Å². The maximum atomic E-state index is 13.0. The number of halogens is 3. The lowest BCUT2D eigenvalue weighted by atomic mass is 10.2. The maximum Gasteiger partial charge on any atom is 0.302 e. The number of anilines is 2. The summed E-state index contributed by atoms with van der Waals surface area (Å²) in [5.41, 5.74) is 7.15. The van der Waals surface area contributed by atoms with Gasteiger partial charge in [0.05, 0.1) is 17.4 Å². The number of carbonyl (C=O) groups excluding carboxylic acids is 3. The van der Waals surface area contributed by atoms with Crippen molar-refractivity contribution in [2.75, 3.05) is 68.8 Å². The topological polar surface area (TPSA) is 192 Å². The number of fused-ring (bicyclic) bond motifs is 2. The second-order valence-corrected chi connectivity index (χ2v) is 17.0. The summed E-state index contributed by atoms with van der Waals surface area (Å²) in [5, 5.41) is 12.6. The molecule has 2 fully saturated rings. The Morgan fingerprint density at radius 1 is 0.609 bits per heavy atom. The number of amides is 2. The largest absolute Gasteiger partial charge is 0.466 e. The van der Waals surface area contributed by atoms with Gasteiger partial charge in [-0.25, -0.2) is 29.3 Å². The minimum atomic E-state index is -0.211. The molecule has 0 bridgehead atoms. The van der Waals surface area contributed by atoms with Crippen LogP contribution in [0.4, 0.5) is 11.4 Å². The number of benzene rings is 2. The van der Waals surface area contributed by atoms with Gasteiger partial charge in [-0.2, -0.15) is 10.2 Å². The predicted octanol–water partition coefficient (Wildman–Crippen LogP) is 7.26. The van der Waals surface area contributed by atoms with E-state index in [0.29, 0.717) is 67.1 Å². The molecule has 0 radical (unpaired) electrons. The highest BCUT2D eigenvalue weighted by atomic mass is 35.5. The standard InChI is InChI=1S/2C22H22ClN7O.C4H8O2.ClH/c2*1-15-13-16(4-5-18(15)23)28-9-11-29(12-10-28)19(31)14-30-22-17(3-2-6-26-22)20(27-30)21-24-7-8-25-21;1-3-6-4(2)5;/h2*2-8,13H,9-12,14H2,1H3,(H,24,25);3H2,1-2H3;1H. The van der Waals surface area contributed by atoms with Gasteiger partial charge in [0, 0.05) is 118 Å². The molecule has 2 aliphatic heterocycles. The molecule has 69 heavy (non-hydrogen) atoms. The summed E-state index contributed by atoms with van der Waals surface area (Å²) < 4.78 is 7.74. The summed E-state index contributed by atoms with van der Waals surface area (Å²) in [7, 11) is 0. The van der Waals surface area contributed by atoms with Gasteiger partial charge in [0.15, 0.2) is 22.9 Å². The number of nitrogens with zero attached hydrogens (tertiary/aromatic N) is 12. The van der Waals surface area contributed by atoms with E-state index in [-0.39, 0.29) is 43.3 Å². The number of pyridine rings is 2. The Morgan fingerprint density at radius 2 is 1.03 bits per heavy atom. The Bertz CT molecular complexity index is 2800. The van der Waals surface area contributed by atoms with E-state index < -0.39 is 0 Å². The number of aromatic nitrogens is 10. The zero-order valence-electron chi connectivity index (χ0n) is 38.7. The van der Waals surface area contributed by atoms with Crippen molar-refractivity contribution in [3.05, 3.63) is 119 Å². The van der Waals surface area contributed by atoms with Gasteiger partial charge < -0.3 is 34.3 Å². The van der Waals surface area contributed by atoms with E-state index >= 15 is 0 Å². The van der Waals surface area contributed by atoms with Crippen molar-refractivity contribution < 1.29 is 19.1 Å². The number of esters is 1. The Morgan fingerprint density at radius 3 is 1.36 bits per heavy atom. The van der Waals surface area contributed by atoms with E-state index in [1.165, 1.54) is 6.92 Å². The number of ether oxygens (including phenoxy) is 1. The normalized spacial score (nSPS) is 13.6. The molecule has 2 aliphatic rings. The zero-order chi connectivity index (χ0) is 47.7. The summed E-state index contributed by atoms with van der Waals surface area (Å²) in [6.45, 7) is 13.7. The molecule has 0 saturated carbocycles. The molecule has 10 rings (SSSR count). The minimum Gasteiger partial charge on any atom is -0.466 e. The fourth-order valence-corrected chi connectivity index (χ4v) is 8.35. The van der Waals surface area contributed by atoms with Crippen molar-refractivity contribution in [2.24, 2.45) is 0 Å². The number of aromatic amines is 2. The zero-order valence-corrected chi connectivity index (χ0v) is 41.0. The molecule has 2 amide bonds. The van der Waals surface area contributed by atoms with Gasteiger partial charge >= 0.3 is 5.97 Å². The number of nitrogens with one attached hydrogen (secondary N) is 2. The Kier molecular flexibility index (Phi) is 16.5. The SMILES string of the molecule is CCOC(C)=O.Cc1cc(N2CCN(C(=O)Cn3nc(-c4ncc[nH]4)c4cccnc43)CC2)ccc1Cl.Cc1cc(N2CCN(C(=O)Cn3nc(-c4ncc[nH]4)c4cccnc43)CC2)ccc1Cl.Cl. The van der Waals surface area contributed by atoms with Gasteiger partial charge in [0.2, 0.25) is 11.8 Å². The van der Waals surface area contributed by atoms with Gasteiger partial charge in [0.25, 0.3) is 0 Å². The van der Waals surface area contributed by atoms with Crippen LogP contribution in [0.2, 0.25) is 10.0 Å². The van der Waals surface area contributed by atoms with E-state index in [2.05, 4.69) is 66.8 Å². The molecular formula is C48H53Cl3N14O4. The summed E-state index contributed by atoms with van der Waals surface area (Å²) in [5.74, 6) is 1.19. The monoisotopic (exact) mass is 994 g/mol. The summed E-state index contributed by atoms with van der Waals surface area (Å²) in [4.78, 5) is 67.9. The van der Waals surface area contributed by atoms with Gasteiger partial charge in [-0.1, -0.05) is 23.2 Å². The Balaban J connectivity index is 0.000000180. The van der Waals surface area contributed by atoms with Crippen molar-refractivity contribution >= 4 is 86.8 Å². The molecular weight excluding hydrogens is 943 g/mol. The van der Waals surface area contributed by atoms with Crippen molar-refractivity contribution in [1.82, 2.24) is 59.3 Å². The fourth-order valence-electron chi connectivity index (χ4n) is 8.12. The first-order valence-corrected chi connectivity index (χ1v) is 23.1. The lowest BCUT2D eigenvalue weighted by Gasteiger charge is -2.36. The number of rotatable bonds is 9. The molecule has 2 saturated heterocycles. The van der Waals surface area contributed by atoms with Gasteiger partial charge in [0.1, 0.15) is 24.5 Å². The molecule has 0 aliphatic carbocycles. The smallest absolute Gasteiger partial charge is 0.302 e. The van der Waals surface area contributed by atoms with E-state index in [0.717, 1.165) is 69.5 Å². The number of imidazole rings is 2. The van der Waals surface area contributed by atoms with Crippen molar-refractivity contribution in [3.8, 4) is 23.0 Å². The van der Waals surface area contributed by atoms with E-state index in [4.69, 9.17) is 23.2 Å². The molecule has 2 aromatic carbocycles. The molecule has 0 unspecified atom stereocenters. The first-order valence-electron chi connectivity index (χ1n) is 22.3. The quantitative estimate of drug-likeness (QED) is 0.138. The first kappa shape index (κ1) is 49.9. The van der Waals surface area contributed by atoms with Crippen LogP contribution in [0.5, 0.6) is 0 Å². The first-order chi connectivity index (χ1) is 33.0. The van der Waals surface area contributed by atoms with Crippen LogP contribution in [0, 0.1) is 13.8 Å². The number of piperazine rings is 2. The number of aryl methyl sites for hydroxylation is 2. The molecule has 18 nitrogen and oxygen atoms in total. The number of H-pyrrole nitrogens is 2. The Hall–Kier alpha value is -7.02. The fraction of sp³-hybridized carbons (Fsp3) is 0.312. The lowest BCUT2D eigenvalue weighted by molar-refractivity contribution is -0.140. The van der Waals surface area contributed by atoms with Crippen LogP contribution in [0.1, 0.15) is 25.0 Å². The van der Waals surface area contributed by atoms with E-state index in [1.54, 1.807) is 53.5 Å². The molecule has 6 aromatic heterocycles. The predicted molar refractivity (Wildman–Crippen MR) is 270 cm³/mol. The maximum absolute atomic E-state index is 13.0. The summed E-state index contributed by atoms with van der Waals surface area (Å²) in [6, 6.07) is 19.7. The molecule has 360 valence electrons. The highest BCUT2D eigenvalue weighted by Crippen LogP contribution is 2.28. The Labute approximate surface area is 415 Å². The third-order valence-electron chi connectivity index (χ3n) is 11.7. The molecule has 0 spiro atoms. The number of carbonyl (C=O) groups is 3. The number of hydrogen-bond donors (Lipinski definition) is 2. The highest BCUT2D eigenvalue weighted by molar-refractivity contribution is 6.31. The third kappa shape index (κ3) is 11.8. The van der Waals surface area contributed by atoms with Crippen molar-refractivity contribution in [2.45, 2.75) is 40.8 Å². The second-order valence-electron chi connectivity index (χ2n) is 16.2. The molecule has 8 heterocycles. The van der Waals surface area contributed by atoms with E-state index in [1.807, 2.05) is 72.2 Å². The molecule has 8 aromatic rings. The average molecular weight is 996 g/mol. The number of hydrogen-bond acceptors (Lipinski definition) is 12. The van der Waals surface area contributed by atoms with Crippen LogP contribution < -0.4 is 9.80 Å². The highest BCUT2D eigenvalue weighted by Gasteiger charge is 2.26. The van der Waals surface area contributed by atoms with Gasteiger partial charge in [-0.05, 0) is 92.6 Å². The lowest BCUT2D eigenvalue weighted by Crippen LogP contribution is -2.49. The average Bonchev–Trinajstić information content (AvgIpc) is 4.20. The van der Waals surface area contributed by atoms with E-state index in [9.17, 15) is 14.4 Å². The van der Waals surface area contributed by atoms with Crippen LogP contribution in [-0.4, -0.2) is 136 Å². The summed E-state index contributed by atoms with van der Waals surface area (Å²) in [6.07, 6.45) is 10.3. The van der Waals surface area contributed by atoms with Gasteiger partial charge in [-0.3, -0.25) is 14.4 Å².